The summed E-state index contributed by atoms with van der Waals surface area (Å²) in [5.74, 6) is 1.65. The number of carbonyl (C=O) groups is 2. The normalized spacial score (nSPS) is 10.3. The molecule has 0 radical (unpaired) electrons. The minimum Gasteiger partial charge on any atom is -0.494 e. The molecule has 0 aromatic heterocycles. The van der Waals surface area contributed by atoms with Crippen LogP contribution in [0.15, 0.2) is 48.5 Å². The summed E-state index contributed by atoms with van der Waals surface area (Å²) in [6.07, 6.45) is 2.10. The highest BCUT2D eigenvalue weighted by Gasteiger charge is 2.07. The Morgan fingerprint density at radius 3 is 1.72 bits per heavy atom. The predicted molar refractivity (Wildman–Crippen MR) is 119 cm³/mol. The van der Waals surface area contributed by atoms with Gasteiger partial charge in [-0.2, -0.15) is 0 Å². The fourth-order valence-electron chi connectivity index (χ4n) is 2.40. The van der Waals surface area contributed by atoms with E-state index < -0.39 is 0 Å². The largest absolute Gasteiger partial charge is 0.494 e. The number of nitrogens with one attached hydrogen (secondary N) is 2. The number of ether oxygens (including phenoxy) is 2. The summed E-state index contributed by atoms with van der Waals surface area (Å²) in [5, 5.41) is 5.62. The zero-order valence-electron chi connectivity index (χ0n) is 16.9. The highest BCUT2D eigenvalue weighted by Crippen LogP contribution is 2.17. The SMILES string of the molecule is CCCCOc1ccc(NC(=O)CSCC(=O)Nc2ccc(OCC)cc2)cc1. The summed E-state index contributed by atoms with van der Waals surface area (Å²) in [5.41, 5.74) is 1.40. The molecule has 0 aliphatic carbocycles. The van der Waals surface area contributed by atoms with Gasteiger partial charge in [0.25, 0.3) is 0 Å². The average Bonchev–Trinajstić information content (AvgIpc) is 2.71. The summed E-state index contributed by atoms with van der Waals surface area (Å²) in [6, 6.07) is 14.5. The number of anilines is 2. The Morgan fingerprint density at radius 1 is 0.793 bits per heavy atom. The van der Waals surface area contributed by atoms with Crippen LogP contribution in [0.4, 0.5) is 11.4 Å². The first-order valence-corrected chi connectivity index (χ1v) is 10.9. The van der Waals surface area contributed by atoms with Gasteiger partial charge in [-0.15, -0.1) is 11.8 Å². The second-order valence-corrected chi connectivity index (χ2v) is 7.26. The number of rotatable bonds is 12. The van der Waals surface area contributed by atoms with E-state index in [1.54, 1.807) is 24.3 Å². The van der Waals surface area contributed by atoms with Crippen LogP contribution >= 0.6 is 11.8 Å². The monoisotopic (exact) mass is 416 g/mol. The van der Waals surface area contributed by atoms with Crippen LogP contribution in [0.25, 0.3) is 0 Å². The maximum atomic E-state index is 12.0. The number of carbonyl (C=O) groups excluding carboxylic acids is 2. The van der Waals surface area contributed by atoms with E-state index in [1.165, 1.54) is 11.8 Å². The lowest BCUT2D eigenvalue weighted by molar-refractivity contribution is -0.114. The highest BCUT2D eigenvalue weighted by molar-refractivity contribution is 8.00. The van der Waals surface area contributed by atoms with Gasteiger partial charge in [-0.25, -0.2) is 0 Å². The Bertz CT molecular complexity index is 763. The molecule has 2 aromatic carbocycles. The van der Waals surface area contributed by atoms with Crippen molar-refractivity contribution in [2.75, 3.05) is 35.4 Å². The maximum absolute atomic E-state index is 12.0. The van der Waals surface area contributed by atoms with Crippen molar-refractivity contribution in [1.29, 1.82) is 0 Å². The van der Waals surface area contributed by atoms with Crippen LogP contribution in [0, 0.1) is 0 Å². The van der Waals surface area contributed by atoms with Crippen LogP contribution in [0.1, 0.15) is 26.7 Å². The second kappa shape index (κ2) is 12.7. The lowest BCUT2D eigenvalue weighted by Gasteiger charge is -2.09. The van der Waals surface area contributed by atoms with Crippen molar-refractivity contribution in [3.63, 3.8) is 0 Å². The molecule has 2 N–H and O–H groups in total. The fourth-order valence-corrected chi connectivity index (χ4v) is 3.02. The Morgan fingerprint density at radius 2 is 1.28 bits per heavy atom. The van der Waals surface area contributed by atoms with Crippen molar-refractivity contribution >= 4 is 35.0 Å². The van der Waals surface area contributed by atoms with Crippen molar-refractivity contribution in [3.05, 3.63) is 48.5 Å². The van der Waals surface area contributed by atoms with Gasteiger partial charge in [0, 0.05) is 11.4 Å². The molecule has 0 saturated heterocycles. The molecule has 2 aromatic rings. The van der Waals surface area contributed by atoms with Crippen LogP contribution in [0.5, 0.6) is 11.5 Å². The van der Waals surface area contributed by atoms with Crippen LogP contribution < -0.4 is 20.1 Å². The number of amides is 2. The van der Waals surface area contributed by atoms with Crippen LogP contribution in [-0.4, -0.2) is 36.5 Å². The summed E-state index contributed by atoms with van der Waals surface area (Å²) in [7, 11) is 0. The third kappa shape index (κ3) is 8.91. The highest BCUT2D eigenvalue weighted by atomic mass is 32.2. The molecule has 29 heavy (non-hydrogen) atoms. The molecule has 0 aliphatic rings. The summed E-state index contributed by atoms with van der Waals surface area (Å²) in [6.45, 7) is 5.32. The standard InChI is InChI=1S/C22H28N2O4S/c1-3-5-14-28-20-12-8-18(9-13-20)24-22(26)16-29-15-21(25)23-17-6-10-19(11-7-17)27-4-2/h6-13H,3-5,14-16H2,1-2H3,(H,23,25)(H,24,26). The third-order valence-electron chi connectivity index (χ3n) is 3.82. The van der Waals surface area contributed by atoms with Gasteiger partial charge in [-0.3, -0.25) is 9.59 Å². The van der Waals surface area contributed by atoms with Crippen molar-refractivity contribution in [2.24, 2.45) is 0 Å². The molecule has 0 unspecified atom stereocenters. The zero-order valence-corrected chi connectivity index (χ0v) is 17.7. The van der Waals surface area contributed by atoms with Gasteiger partial charge in [-0.05, 0) is 61.9 Å². The molecule has 0 heterocycles. The van der Waals surface area contributed by atoms with E-state index in [0.29, 0.717) is 24.6 Å². The second-order valence-electron chi connectivity index (χ2n) is 6.27. The van der Waals surface area contributed by atoms with Gasteiger partial charge < -0.3 is 20.1 Å². The zero-order chi connectivity index (χ0) is 20.9. The predicted octanol–water partition coefficient (Wildman–Crippen LogP) is 4.57. The molecule has 156 valence electrons. The summed E-state index contributed by atoms with van der Waals surface area (Å²) < 4.78 is 11.0. The molecule has 0 bridgehead atoms. The molecule has 2 amide bonds. The van der Waals surface area contributed by atoms with Gasteiger partial charge in [0.15, 0.2) is 0 Å². The van der Waals surface area contributed by atoms with Gasteiger partial charge in [0.2, 0.25) is 11.8 Å². The summed E-state index contributed by atoms with van der Waals surface area (Å²) in [4.78, 5) is 24.0. The van der Waals surface area contributed by atoms with E-state index in [4.69, 9.17) is 9.47 Å². The van der Waals surface area contributed by atoms with E-state index in [0.717, 1.165) is 24.3 Å². The smallest absolute Gasteiger partial charge is 0.234 e. The molecule has 0 fully saturated rings. The molecule has 0 atom stereocenters. The Hall–Kier alpha value is -2.67. The lowest BCUT2D eigenvalue weighted by atomic mass is 10.3. The Labute approximate surface area is 176 Å². The van der Waals surface area contributed by atoms with Crippen molar-refractivity contribution < 1.29 is 19.1 Å². The van der Waals surface area contributed by atoms with Crippen molar-refractivity contribution in [1.82, 2.24) is 0 Å². The van der Waals surface area contributed by atoms with E-state index in [1.807, 2.05) is 31.2 Å². The molecule has 2 rings (SSSR count). The molecular formula is C22H28N2O4S. The molecule has 0 spiro atoms. The third-order valence-corrected chi connectivity index (χ3v) is 4.75. The van der Waals surface area contributed by atoms with E-state index in [9.17, 15) is 9.59 Å². The van der Waals surface area contributed by atoms with E-state index in [-0.39, 0.29) is 23.3 Å². The average molecular weight is 417 g/mol. The number of thioether (sulfide) groups is 1. The number of benzene rings is 2. The minimum absolute atomic E-state index is 0.150. The van der Waals surface area contributed by atoms with Crippen molar-refractivity contribution in [2.45, 2.75) is 26.7 Å². The molecule has 0 aliphatic heterocycles. The van der Waals surface area contributed by atoms with Gasteiger partial charge in [0.1, 0.15) is 11.5 Å². The Kier molecular flexibility index (Phi) is 9.92. The van der Waals surface area contributed by atoms with Gasteiger partial charge in [-0.1, -0.05) is 13.3 Å². The fraction of sp³-hybridized carbons (Fsp3) is 0.364. The van der Waals surface area contributed by atoms with E-state index >= 15 is 0 Å². The van der Waals surface area contributed by atoms with Crippen LogP contribution in [0.2, 0.25) is 0 Å². The lowest BCUT2D eigenvalue weighted by Crippen LogP contribution is -2.18. The van der Waals surface area contributed by atoms with Crippen LogP contribution in [-0.2, 0) is 9.59 Å². The molecular weight excluding hydrogens is 388 g/mol. The maximum Gasteiger partial charge on any atom is 0.234 e. The minimum atomic E-state index is -0.152. The number of unbranched alkanes of at least 4 members (excludes halogenated alkanes) is 1. The van der Waals surface area contributed by atoms with Gasteiger partial charge in [0.05, 0.1) is 24.7 Å². The molecule has 0 saturated carbocycles. The first-order chi connectivity index (χ1) is 14.1. The van der Waals surface area contributed by atoms with Gasteiger partial charge >= 0.3 is 0 Å². The Balaban J connectivity index is 1.66. The quantitative estimate of drug-likeness (QED) is 0.496. The summed E-state index contributed by atoms with van der Waals surface area (Å²) >= 11 is 1.26. The van der Waals surface area contributed by atoms with Crippen LogP contribution in [0.3, 0.4) is 0 Å². The molecule has 6 nitrogen and oxygen atoms in total. The van der Waals surface area contributed by atoms with Crippen molar-refractivity contribution in [3.8, 4) is 11.5 Å². The topological polar surface area (TPSA) is 76.7 Å². The van der Waals surface area contributed by atoms with E-state index in [2.05, 4.69) is 17.6 Å². The number of hydrogen-bond donors (Lipinski definition) is 2. The first-order valence-electron chi connectivity index (χ1n) is 9.74. The first kappa shape index (κ1) is 22.6. The molecule has 7 heteroatoms. The number of hydrogen-bond acceptors (Lipinski definition) is 5.